The van der Waals surface area contributed by atoms with E-state index < -0.39 is 5.41 Å². The molecule has 5 rings (SSSR count). The Morgan fingerprint density at radius 1 is 1.09 bits per heavy atom. The Bertz CT molecular complexity index is 1330. The molecule has 1 N–H and O–H groups in total. The van der Waals surface area contributed by atoms with Gasteiger partial charge in [0.2, 0.25) is 11.0 Å². The molecule has 0 fully saturated rings. The second kappa shape index (κ2) is 8.77. The van der Waals surface area contributed by atoms with Crippen LogP contribution in [0, 0.1) is 5.41 Å². The Morgan fingerprint density at radius 2 is 1.82 bits per heavy atom. The predicted molar refractivity (Wildman–Crippen MR) is 136 cm³/mol. The van der Waals surface area contributed by atoms with E-state index in [1.54, 1.807) is 35.8 Å². The Kier molecular flexibility index (Phi) is 5.79. The van der Waals surface area contributed by atoms with Crippen LogP contribution in [-0.4, -0.2) is 41.0 Å². The van der Waals surface area contributed by atoms with Gasteiger partial charge in [-0.3, -0.25) is 9.59 Å². The number of anilines is 1. The zero-order valence-corrected chi connectivity index (χ0v) is 20.7. The first-order chi connectivity index (χ1) is 16.4. The van der Waals surface area contributed by atoms with E-state index in [1.165, 1.54) is 21.8 Å². The van der Waals surface area contributed by atoms with Crippen molar-refractivity contribution in [2.45, 2.75) is 19.3 Å². The molecule has 8 heteroatoms. The summed E-state index contributed by atoms with van der Waals surface area (Å²) in [5.41, 5.74) is 5.01. The van der Waals surface area contributed by atoms with Gasteiger partial charge in [-0.2, -0.15) is 0 Å². The van der Waals surface area contributed by atoms with Crippen LogP contribution >= 0.6 is 22.7 Å². The van der Waals surface area contributed by atoms with Crippen LogP contribution in [-0.2, 0) is 11.2 Å². The number of fused-ring (bicyclic) bond motifs is 1. The molecule has 6 nitrogen and oxygen atoms in total. The fourth-order valence-corrected chi connectivity index (χ4v) is 6.47. The monoisotopic (exact) mass is 488 g/mol. The van der Waals surface area contributed by atoms with E-state index in [2.05, 4.69) is 33.7 Å². The van der Waals surface area contributed by atoms with E-state index in [0.29, 0.717) is 17.1 Å². The zero-order valence-electron chi connectivity index (χ0n) is 19.1. The van der Waals surface area contributed by atoms with E-state index in [-0.39, 0.29) is 17.7 Å². The molecular formula is C26H24N4O2S2. The van der Waals surface area contributed by atoms with Crippen molar-refractivity contribution in [3.8, 4) is 10.4 Å². The number of hydrogen-bond donors (Lipinski definition) is 1. The molecule has 0 bridgehead atoms. The van der Waals surface area contributed by atoms with Crippen LogP contribution in [0.4, 0.5) is 5.13 Å². The number of amides is 2. The largest absolute Gasteiger partial charge is 0.345 e. The maximum absolute atomic E-state index is 13.5. The van der Waals surface area contributed by atoms with E-state index in [1.807, 2.05) is 49.4 Å². The first kappa shape index (κ1) is 22.4. The average Bonchev–Trinajstić information content (AvgIpc) is 3.55. The maximum Gasteiger partial charge on any atom is 0.253 e. The molecule has 2 atom stereocenters. The minimum Gasteiger partial charge on any atom is -0.345 e. The summed E-state index contributed by atoms with van der Waals surface area (Å²) >= 11 is 3.04. The molecule has 2 aromatic carbocycles. The second-order valence-electron chi connectivity index (χ2n) is 8.90. The van der Waals surface area contributed by atoms with Crippen LogP contribution in [0.3, 0.4) is 0 Å². The number of hydrogen-bond acceptors (Lipinski definition) is 6. The summed E-state index contributed by atoms with van der Waals surface area (Å²) in [6.07, 6.45) is 0.647. The summed E-state index contributed by atoms with van der Waals surface area (Å²) in [6.45, 7) is 2.04. The summed E-state index contributed by atoms with van der Waals surface area (Å²) in [6, 6.07) is 20.2. The molecule has 2 heterocycles. The molecule has 1 aliphatic rings. The predicted octanol–water partition coefficient (Wildman–Crippen LogP) is 5.30. The molecule has 4 aromatic rings. The number of nitrogens with zero attached hydrogens (tertiary/aromatic N) is 3. The SMILES string of the molecule is CN(C)C(=O)c1ccc(-c2cc3c(s2)C[C@](C)(C(=O)Nc2nncs2)[C@@H]3c2ccccc2)cc1. The smallest absolute Gasteiger partial charge is 0.253 e. The third-order valence-electron chi connectivity index (χ3n) is 6.37. The zero-order chi connectivity index (χ0) is 23.9. The summed E-state index contributed by atoms with van der Waals surface area (Å²) < 4.78 is 0. The lowest BCUT2D eigenvalue weighted by molar-refractivity contribution is -0.125. The Balaban J connectivity index is 1.50. The minimum absolute atomic E-state index is 0.0124. The van der Waals surface area contributed by atoms with Crippen molar-refractivity contribution < 1.29 is 9.59 Å². The van der Waals surface area contributed by atoms with Crippen LogP contribution in [0.2, 0.25) is 0 Å². The van der Waals surface area contributed by atoms with Gasteiger partial charge in [0, 0.05) is 35.3 Å². The Labute approximate surface area is 206 Å². The number of carbonyl (C=O) groups excluding carboxylic acids is 2. The van der Waals surface area contributed by atoms with E-state index >= 15 is 0 Å². The molecule has 172 valence electrons. The molecule has 0 radical (unpaired) electrons. The van der Waals surface area contributed by atoms with Crippen molar-refractivity contribution >= 4 is 39.6 Å². The summed E-state index contributed by atoms with van der Waals surface area (Å²) in [5, 5.41) is 11.3. The lowest BCUT2D eigenvalue weighted by atomic mass is 9.73. The van der Waals surface area contributed by atoms with Crippen LogP contribution in [0.15, 0.2) is 66.2 Å². The van der Waals surface area contributed by atoms with Gasteiger partial charge < -0.3 is 10.2 Å². The maximum atomic E-state index is 13.5. The standard InChI is InChI=1S/C26H24N4O2S2/c1-26(24(32)28-25-29-27-15-33-25)14-21-19(22(26)17-7-5-4-6-8-17)13-20(34-21)16-9-11-18(12-10-16)23(31)30(2)3/h4-13,15,22H,14H2,1-3H3,(H,28,29,32)/t22-,26+/m1/s1. The topological polar surface area (TPSA) is 75.2 Å². The molecule has 1 aliphatic carbocycles. The molecule has 2 aromatic heterocycles. The fraction of sp³-hybridized carbons (Fsp3) is 0.231. The van der Waals surface area contributed by atoms with Gasteiger partial charge in [-0.1, -0.05) is 53.8 Å². The van der Waals surface area contributed by atoms with Crippen molar-refractivity contribution in [1.82, 2.24) is 15.1 Å². The van der Waals surface area contributed by atoms with E-state index in [9.17, 15) is 9.59 Å². The van der Waals surface area contributed by atoms with Crippen molar-refractivity contribution in [3.05, 3.63) is 87.7 Å². The highest BCUT2D eigenvalue weighted by molar-refractivity contribution is 7.15. The third kappa shape index (κ3) is 3.93. The van der Waals surface area contributed by atoms with Crippen LogP contribution < -0.4 is 5.32 Å². The van der Waals surface area contributed by atoms with Crippen LogP contribution in [0.5, 0.6) is 0 Å². The molecule has 2 amide bonds. The van der Waals surface area contributed by atoms with Gasteiger partial charge in [0.15, 0.2) is 0 Å². The van der Waals surface area contributed by atoms with Gasteiger partial charge in [-0.25, -0.2) is 0 Å². The van der Waals surface area contributed by atoms with E-state index in [0.717, 1.165) is 16.0 Å². The van der Waals surface area contributed by atoms with Crippen LogP contribution in [0.25, 0.3) is 10.4 Å². The Hall–Kier alpha value is -3.36. The molecule has 0 saturated heterocycles. The second-order valence-corrected chi connectivity index (χ2v) is 10.9. The molecule has 0 unspecified atom stereocenters. The summed E-state index contributed by atoms with van der Waals surface area (Å²) in [5.74, 6) is -0.132. The van der Waals surface area contributed by atoms with Gasteiger partial charge in [-0.15, -0.1) is 21.5 Å². The first-order valence-electron chi connectivity index (χ1n) is 10.9. The van der Waals surface area contributed by atoms with Gasteiger partial charge in [-0.05, 0) is 48.2 Å². The molecule has 34 heavy (non-hydrogen) atoms. The third-order valence-corrected chi connectivity index (χ3v) is 8.18. The summed E-state index contributed by atoms with van der Waals surface area (Å²) in [7, 11) is 3.50. The molecular weight excluding hydrogens is 464 g/mol. The van der Waals surface area contributed by atoms with Gasteiger partial charge >= 0.3 is 0 Å². The van der Waals surface area contributed by atoms with Crippen molar-refractivity contribution in [3.63, 3.8) is 0 Å². The quantitative estimate of drug-likeness (QED) is 0.414. The van der Waals surface area contributed by atoms with Crippen LogP contribution in [0.1, 0.15) is 39.2 Å². The number of nitrogens with one attached hydrogen (secondary N) is 1. The first-order valence-corrected chi connectivity index (χ1v) is 12.6. The normalized spacial score (nSPS) is 19.0. The molecule has 0 saturated carbocycles. The van der Waals surface area contributed by atoms with Crippen molar-refractivity contribution in [1.29, 1.82) is 0 Å². The average molecular weight is 489 g/mol. The lowest BCUT2D eigenvalue weighted by Gasteiger charge is -2.31. The van der Waals surface area contributed by atoms with Crippen molar-refractivity contribution in [2.24, 2.45) is 5.41 Å². The minimum atomic E-state index is -0.644. The number of carbonyl (C=O) groups is 2. The van der Waals surface area contributed by atoms with Gasteiger partial charge in [0.1, 0.15) is 5.51 Å². The van der Waals surface area contributed by atoms with Gasteiger partial charge in [0.05, 0.1) is 5.41 Å². The number of benzene rings is 2. The van der Waals surface area contributed by atoms with E-state index in [4.69, 9.17) is 0 Å². The molecule has 0 spiro atoms. The molecule has 0 aliphatic heterocycles. The highest BCUT2D eigenvalue weighted by Crippen LogP contribution is 2.55. The highest BCUT2D eigenvalue weighted by Gasteiger charge is 2.50. The number of thiophene rings is 1. The number of rotatable bonds is 5. The van der Waals surface area contributed by atoms with Crippen molar-refractivity contribution in [2.75, 3.05) is 19.4 Å². The van der Waals surface area contributed by atoms with Gasteiger partial charge in [0.25, 0.3) is 5.91 Å². The highest BCUT2D eigenvalue weighted by atomic mass is 32.1. The fourth-order valence-electron chi connectivity index (χ4n) is 4.65. The lowest BCUT2D eigenvalue weighted by Crippen LogP contribution is -2.37. The summed E-state index contributed by atoms with van der Waals surface area (Å²) in [4.78, 5) is 29.7. The Morgan fingerprint density at radius 3 is 2.47 bits per heavy atom. The number of aromatic nitrogens is 2.